The Kier molecular flexibility index (Phi) is 6.55. The number of hydrogen-bond donors (Lipinski definition) is 0. The molecule has 5 nitrogen and oxygen atoms in total. The predicted octanol–water partition coefficient (Wildman–Crippen LogP) is 5.11. The van der Waals surface area contributed by atoms with E-state index in [1.54, 1.807) is 6.20 Å². The quantitative estimate of drug-likeness (QED) is 0.557. The van der Waals surface area contributed by atoms with Crippen LogP contribution < -0.4 is 0 Å². The number of carbonyl (C=O) groups is 1. The summed E-state index contributed by atoms with van der Waals surface area (Å²) in [5.41, 5.74) is 3.28. The van der Waals surface area contributed by atoms with Crippen molar-refractivity contribution in [1.29, 1.82) is 0 Å². The van der Waals surface area contributed by atoms with Crippen LogP contribution in [-0.4, -0.2) is 40.0 Å². The molecule has 32 heavy (non-hydrogen) atoms. The van der Waals surface area contributed by atoms with Crippen molar-refractivity contribution in [2.45, 2.75) is 38.8 Å². The maximum absolute atomic E-state index is 13.5. The number of halogens is 2. The number of aromatic nitrogens is 2. The van der Waals surface area contributed by atoms with Crippen LogP contribution in [0.3, 0.4) is 0 Å². The Morgan fingerprint density at radius 3 is 2.41 bits per heavy atom. The minimum Gasteiger partial charge on any atom is -0.373 e. The van der Waals surface area contributed by atoms with Gasteiger partial charge in [0.2, 0.25) is 0 Å². The molecule has 4 rings (SSSR count). The molecule has 0 bridgehead atoms. The predicted molar refractivity (Wildman–Crippen MR) is 117 cm³/mol. The Hall–Kier alpha value is -3.19. The molecule has 1 aliphatic rings. The fourth-order valence-electron chi connectivity index (χ4n) is 4.12. The third kappa shape index (κ3) is 4.83. The second-order valence-corrected chi connectivity index (χ2v) is 7.95. The SMILES string of the molecule is CCN(C(=O)c1cnc(C)cn1)[C@H]1CCO[C@@H](c2ccc(-c3cc(F)cc(F)c3)cc2)C1. The Morgan fingerprint density at radius 2 is 1.78 bits per heavy atom. The van der Waals surface area contributed by atoms with Crippen LogP contribution in [0.1, 0.15) is 47.6 Å². The van der Waals surface area contributed by atoms with Gasteiger partial charge in [-0.2, -0.15) is 0 Å². The highest BCUT2D eigenvalue weighted by atomic mass is 19.1. The van der Waals surface area contributed by atoms with Crippen LogP contribution in [0.15, 0.2) is 54.9 Å². The van der Waals surface area contributed by atoms with E-state index in [9.17, 15) is 13.6 Å². The highest BCUT2D eigenvalue weighted by Crippen LogP contribution is 2.32. The van der Waals surface area contributed by atoms with E-state index in [0.717, 1.165) is 29.3 Å². The molecule has 0 spiro atoms. The lowest BCUT2D eigenvalue weighted by Crippen LogP contribution is -2.44. The number of hydrogen-bond acceptors (Lipinski definition) is 4. The maximum Gasteiger partial charge on any atom is 0.274 e. The first-order valence-corrected chi connectivity index (χ1v) is 10.7. The molecule has 166 valence electrons. The van der Waals surface area contributed by atoms with Gasteiger partial charge in [-0.1, -0.05) is 24.3 Å². The van der Waals surface area contributed by atoms with Gasteiger partial charge in [0.15, 0.2) is 0 Å². The topological polar surface area (TPSA) is 55.3 Å². The number of benzene rings is 2. The Bertz CT molecular complexity index is 1070. The largest absolute Gasteiger partial charge is 0.373 e. The van der Waals surface area contributed by atoms with Crippen LogP contribution in [-0.2, 0) is 4.74 Å². The number of carbonyl (C=O) groups excluding carboxylic acids is 1. The summed E-state index contributed by atoms with van der Waals surface area (Å²) in [4.78, 5) is 23.3. The van der Waals surface area contributed by atoms with Crippen molar-refractivity contribution in [3.8, 4) is 11.1 Å². The van der Waals surface area contributed by atoms with Crippen molar-refractivity contribution in [2.75, 3.05) is 13.2 Å². The van der Waals surface area contributed by atoms with Gasteiger partial charge in [0.25, 0.3) is 5.91 Å². The number of rotatable bonds is 5. The van der Waals surface area contributed by atoms with Gasteiger partial charge in [-0.05, 0) is 55.5 Å². The van der Waals surface area contributed by atoms with Gasteiger partial charge in [0.05, 0.1) is 18.0 Å². The highest BCUT2D eigenvalue weighted by molar-refractivity contribution is 5.92. The number of aryl methyl sites for hydroxylation is 1. The van der Waals surface area contributed by atoms with Gasteiger partial charge in [-0.3, -0.25) is 9.78 Å². The monoisotopic (exact) mass is 437 g/mol. The first-order chi connectivity index (χ1) is 15.4. The standard InChI is InChI=1S/C25H25F2N3O2/c1-3-30(25(31)23-15-28-16(2)14-29-23)22-8-9-32-24(13-22)18-6-4-17(5-7-18)19-10-20(26)12-21(27)11-19/h4-7,10-12,14-15,22,24H,3,8-9,13H2,1-2H3/t22-,24+/m0/s1. The molecule has 0 N–H and O–H groups in total. The van der Waals surface area contributed by atoms with Crippen LogP contribution in [0.25, 0.3) is 11.1 Å². The van der Waals surface area contributed by atoms with E-state index in [4.69, 9.17) is 4.74 Å². The number of nitrogens with zero attached hydrogens (tertiary/aromatic N) is 3. The molecule has 1 aromatic heterocycles. The molecule has 1 fully saturated rings. The van der Waals surface area contributed by atoms with Gasteiger partial charge in [-0.25, -0.2) is 13.8 Å². The molecular weight excluding hydrogens is 412 g/mol. The van der Waals surface area contributed by atoms with Crippen molar-refractivity contribution in [3.05, 3.63) is 83.4 Å². The number of ether oxygens (including phenoxy) is 1. The summed E-state index contributed by atoms with van der Waals surface area (Å²) in [7, 11) is 0. The lowest BCUT2D eigenvalue weighted by atomic mass is 9.94. The smallest absolute Gasteiger partial charge is 0.274 e. The van der Waals surface area contributed by atoms with Crippen LogP contribution in [0, 0.1) is 18.6 Å². The summed E-state index contributed by atoms with van der Waals surface area (Å²) in [6, 6.07) is 11.0. The molecule has 0 radical (unpaired) electrons. The molecular formula is C25H25F2N3O2. The van der Waals surface area contributed by atoms with Crippen molar-refractivity contribution >= 4 is 5.91 Å². The van der Waals surface area contributed by atoms with Crippen LogP contribution in [0.5, 0.6) is 0 Å². The minimum atomic E-state index is -0.606. The zero-order valence-corrected chi connectivity index (χ0v) is 18.1. The average molecular weight is 437 g/mol. The molecule has 1 saturated heterocycles. The average Bonchev–Trinajstić information content (AvgIpc) is 2.80. The molecule has 0 saturated carbocycles. The van der Waals surface area contributed by atoms with E-state index in [1.165, 1.54) is 18.3 Å². The summed E-state index contributed by atoms with van der Waals surface area (Å²) >= 11 is 0. The summed E-state index contributed by atoms with van der Waals surface area (Å²) < 4.78 is 33.1. The van der Waals surface area contributed by atoms with Gasteiger partial charge < -0.3 is 9.64 Å². The maximum atomic E-state index is 13.5. The number of amides is 1. The molecule has 0 aliphatic carbocycles. The lowest BCUT2D eigenvalue weighted by molar-refractivity contribution is -0.0232. The van der Waals surface area contributed by atoms with E-state index in [0.29, 0.717) is 30.8 Å². The van der Waals surface area contributed by atoms with E-state index in [1.807, 2.05) is 43.0 Å². The Labute approximate surface area is 186 Å². The minimum absolute atomic E-state index is 0.0198. The zero-order valence-electron chi connectivity index (χ0n) is 18.1. The Balaban J connectivity index is 1.49. The third-order valence-electron chi connectivity index (χ3n) is 5.78. The zero-order chi connectivity index (χ0) is 22.7. The highest BCUT2D eigenvalue weighted by Gasteiger charge is 2.31. The normalized spacial score (nSPS) is 18.4. The van der Waals surface area contributed by atoms with E-state index in [-0.39, 0.29) is 18.1 Å². The second kappa shape index (κ2) is 9.53. The first-order valence-electron chi connectivity index (χ1n) is 10.7. The van der Waals surface area contributed by atoms with Crippen LogP contribution in [0.2, 0.25) is 0 Å². The lowest BCUT2D eigenvalue weighted by Gasteiger charge is -2.37. The van der Waals surface area contributed by atoms with E-state index in [2.05, 4.69) is 9.97 Å². The molecule has 2 atom stereocenters. The molecule has 2 heterocycles. The summed E-state index contributed by atoms with van der Waals surface area (Å²) in [5, 5.41) is 0. The molecule has 1 aliphatic heterocycles. The summed E-state index contributed by atoms with van der Waals surface area (Å²) in [6.07, 6.45) is 4.35. The van der Waals surface area contributed by atoms with Gasteiger partial charge >= 0.3 is 0 Å². The van der Waals surface area contributed by atoms with E-state index >= 15 is 0 Å². The second-order valence-electron chi connectivity index (χ2n) is 7.95. The van der Waals surface area contributed by atoms with Crippen LogP contribution >= 0.6 is 0 Å². The van der Waals surface area contributed by atoms with E-state index < -0.39 is 11.6 Å². The third-order valence-corrected chi connectivity index (χ3v) is 5.78. The Morgan fingerprint density at radius 1 is 1.06 bits per heavy atom. The first kappa shape index (κ1) is 22.0. The summed E-state index contributed by atoms with van der Waals surface area (Å²) in [6.45, 7) is 4.89. The van der Waals surface area contributed by atoms with Crippen molar-refractivity contribution in [2.24, 2.45) is 0 Å². The molecule has 0 unspecified atom stereocenters. The molecule has 2 aromatic carbocycles. The van der Waals surface area contributed by atoms with Crippen molar-refractivity contribution in [1.82, 2.24) is 14.9 Å². The van der Waals surface area contributed by atoms with Gasteiger partial charge in [0, 0.05) is 31.5 Å². The molecule has 7 heteroatoms. The summed E-state index contributed by atoms with van der Waals surface area (Å²) in [5.74, 6) is -1.34. The fraction of sp³-hybridized carbons (Fsp3) is 0.320. The van der Waals surface area contributed by atoms with Crippen LogP contribution in [0.4, 0.5) is 8.78 Å². The van der Waals surface area contributed by atoms with Gasteiger partial charge in [0.1, 0.15) is 17.3 Å². The van der Waals surface area contributed by atoms with Gasteiger partial charge in [-0.15, -0.1) is 0 Å². The molecule has 1 amide bonds. The fourth-order valence-corrected chi connectivity index (χ4v) is 4.12. The molecule has 3 aromatic rings. The van der Waals surface area contributed by atoms with Crippen molar-refractivity contribution in [3.63, 3.8) is 0 Å². The van der Waals surface area contributed by atoms with Crippen molar-refractivity contribution < 1.29 is 18.3 Å².